The molecule has 1 saturated heterocycles. The fourth-order valence-electron chi connectivity index (χ4n) is 3.46. The van der Waals surface area contributed by atoms with Crippen LogP contribution in [-0.4, -0.2) is 40.0 Å². The number of hydrogen-bond donors (Lipinski definition) is 3. The summed E-state index contributed by atoms with van der Waals surface area (Å²) in [5, 5.41) is 19.9. The molecule has 3 N–H and O–H groups in total. The number of aliphatic hydroxyl groups is 1. The van der Waals surface area contributed by atoms with Gasteiger partial charge in [-0.1, -0.05) is 0 Å². The van der Waals surface area contributed by atoms with Gasteiger partial charge in [0.2, 0.25) is 5.91 Å². The van der Waals surface area contributed by atoms with Gasteiger partial charge in [-0.3, -0.25) is 9.48 Å². The van der Waals surface area contributed by atoms with Crippen molar-refractivity contribution >= 4 is 5.91 Å². The highest BCUT2D eigenvalue weighted by atomic mass is 16.3. The maximum atomic E-state index is 12.2. The lowest BCUT2D eigenvalue weighted by molar-refractivity contribution is -0.122. The van der Waals surface area contributed by atoms with Crippen LogP contribution < -0.4 is 10.6 Å². The van der Waals surface area contributed by atoms with E-state index in [1.54, 1.807) is 0 Å². The number of carbonyl (C=O) groups excluding carboxylic acids is 1. The molecule has 116 valence electrons. The molecule has 0 bridgehead atoms. The van der Waals surface area contributed by atoms with Gasteiger partial charge in [0.15, 0.2) is 0 Å². The van der Waals surface area contributed by atoms with Crippen LogP contribution in [0.5, 0.6) is 0 Å². The van der Waals surface area contributed by atoms with Crippen LogP contribution in [0.3, 0.4) is 0 Å². The highest BCUT2D eigenvalue weighted by molar-refractivity contribution is 5.77. The number of nitrogens with zero attached hydrogens (tertiary/aromatic N) is 2. The molecule has 3 rings (SSSR count). The normalized spacial score (nSPS) is 24.8. The van der Waals surface area contributed by atoms with Gasteiger partial charge in [-0.15, -0.1) is 0 Å². The number of carbonyl (C=O) groups is 1. The number of amides is 1. The van der Waals surface area contributed by atoms with Crippen molar-refractivity contribution in [2.24, 2.45) is 0 Å². The largest absolute Gasteiger partial charge is 0.394 e. The van der Waals surface area contributed by atoms with Crippen LogP contribution in [0.4, 0.5) is 0 Å². The van der Waals surface area contributed by atoms with E-state index in [0.717, 1.165) is 37.8 Å². The van der Waals surface area contributed by atoms with E-state index in [2.05, 4.69) is 15.7 Å². The molecule has 2 unspecified atom stereocenters. The molecule has 1 amide bonds. The van der Waals surface area contributed by atoms with Crippen LogP contribution in [0.2, 0.25) is 0 Å². The first-order valence-electron chi connectivity index (χ1n) is 7.96. The summed E-state index contributed by atoms with van der Waals surface area (Å²) in [6, 6.07) is 0.417. The molecular weight excluding hydrogens is 268 g/mol. The summed E-state index contributed by atoms with van der Waals surface area (Å²) < 4.78 is 1.87. The fourth-order valence-corrected chi connectivity index (χ4v) is 3.46. The number of nitrogens with one attached hydrogen (secondary N) is 2. The standard InChI is InChI=1S/C15H24N4O2/c20-8-7-19-14-5-1-4-13(12(14)10-17-19)18-15(21)9-11-3-2-6-16-11/h10-11,13,16,20H,1-9H2,(H,18,21). The van der Waals surface area contributed by atoms with Crippen molar-refractivity contribution in [1.29, 1.82) is 0 Å². The molecule has 2 atom stereocenters. The molecule has 0 aromatic carbocycles. The molecule has 1 aromatic rings. The molecule has 6 heteroatoms. The second-order valence-electron chi connectivity index (χ2n) is 6.00. The van der Waals surface area contributed by atoms with Crippen LogP contribution in [0.15, 0.2) is 6.20 Å². The minimum atomic E-state index is 0.0788. The van der Waals surface area contributed by atoms with Gasteiger partial charge in [-0.2, -0.15) is 5.10 Å². The van der Waals surface area contributed by atoms with Crippen LogP contribution in [-0.2, 0) is 17.8 Å². The van der Waals surface area contributed by atoms with Gasteiger partial charge in [-0.05, 0) is 38.6 Å². The van der Waals surface area contributed by atoms with E-state index in [-0.39, 0.29) is 18.6 Å². The Hall–Kier alpha value is -1.40. The topological polar surface area (TPSA) is 79.2 Å². The summed E-state index contributed by atoms with van der Waals surface area (Å²) in [5.74, 6) is 0.127. The number of aromatic nitrogens is 2. The van der Waals surface area contributed by atoms with Gasteiger partial charge in [0.1, 0.15) is 0 Å². The Morgan fingerprint density at radius 3 is 3.14 bits per heavy atom. The van der Waals surface area contributed by atoms with Crippen molar-refractivity contribution in [3.05, 3.63) is 17.5 Å². The zero-order valence-corrected chi connectivity index (χ0v) is 12.3. The van der Waals surface area contributed by atoms with Crippen LogP contribution in [0, 0.1) is 0 Å². The maximum Gasteiger partial charge on any atom is 0.222 e. The van der Waals surface area contributed by atoms with Gasteiger partial charge < -0.3 is 15.7 Å². The number of fused-ring (bicyclic) bond motifs is 1. The summed E-state index contributed by atoms with van der Waals surface area (Å²) >= 11 is 0. The smallest absolute Gasteiger partial charge is 0.222 e. The maximum absolute atomic E-state index is 12.2. The predicted octanol–water partition coefficient (Wildman–Crippen LogP) is 0.511. The molecule has 0 radical (unpaired) electrons. The Balaban J connectivity index is 1.63. The molecule has 2 heterocycles. The first-order valence-corrected chi connectivity index (χ1v) is 7.96. The summed E-state index contributed by atoms with van der Waals surface area (Å²) in [7, 11) is 0. The van der Waals surface area contributed by atoms with E-state index in [0.29, 0.717) is 19.0 Å². The van der Waals surface area contributed by atoms with Crippen LogP contribution in [0.1, 0.15) is 49.4 Å². The lowest BCUT2D eigenvalue weighted by Crippen LogP contribution is -2.35. The van der Waals surface area contributed by atoms with Gasteiger partial charge >= 0.3 is 0 Å². The first-order chi connectivity index (χ1) is 10.3. The Kier molecular flexibility index (Phi) is 4.55. The third-order valence-electron chi connectivity index (χ3n) is 4.50. The summed E-state index contributed by atoms with van der Waals surface area (Å²) in [6.07, 6.45) is 7.68. The molecule has 0 saturated carbocycles. The minimum absolute atomic E-state index is 0.0788. The Bertz CT molecular complexity index is 494. The number of hydrogen-bond acceptors (Lipinski definition) is 4. The monoisotopic (exact) mass is 292 g/mol. The van der Waals surface area contributed by atoms with E-state index in [1.165, 1.54) is 12.1 Å². The predicted molar refractivity (Wildman–Crippen MR) is 78.8 cm³/mol. The van der Waals surface area contributed by atoms with E-state index in [1.807, 2.05) is 10.9 Å². The third-order valence-corrected chi connectivity index (χ3v) is 4.50. The van der Waals surface area contributed by atoms with Gasteiger partial charge in [0, 0.05) is 23.7 Å². The van der Waals surface area contributed by atoms with Crippen molar-refractivity contribution in [1.82, 2.24) is 20.4 Å². The molecule has 1 aliphatic carbocycles. The lowest BCUT2D eigenvalue weighted by atomic mass is 9.92. The van der Waals surface area contributed by atoms with Crippen LogP contribution >= 0.6 is 0 Å². The average molecular weight is 292 g/mol. The van der Waals surface area contributed by atoms with Crippen LogP contribution in [0.25, 0.3) is 0 Å². The highest BCUT2D eigenvalue weighted by Gasteiger charge is 2.26. The Morgan fingerprint density at radius 2 is 2.38 bits per heavy atom. The average Bonchev–Trinajstić information content (AvgIpc) is 3.10. The lowest BCUT2D eigenvalue weighted by Gasteiger charge is -2.24. The number of aliphatic hydroxyl groups excluding tert-OH is 1. The molecule has 21 heavy (non-hydrogen) atoms. The molecule has 1 aromatic heterocycles. The molecule has 1 fully saturated rings. The van der Waals surface area contributed by atoms with Crippen molar-refractivity contribution in [2.75, 3.05) is 13.2 Å². The second-order valence-corrected chi connectivity index (χ2v) is 6.00. The zero-order chi connectivity index (χ0) is 14.7. The minimum Gasteiger partial charge on any atom is -0.394 e. The summed E-state index contributed by atoms with van der Waals surface area (Å²) in [4.78, 5) is 12.2. The highest BCUT2D eigenvalue weighted by Crippen LogP contribution is 2.29. The Labute approximate surface area is 124 Å². The quantitative estimate of drug-likeness (QED) is 0.739. The molecule has 1 aliphatic heterocycles. The molecular formula is C15H24N4O2. The summed E-state index contributed by atoms with van der Waals surface area (Å²) in [5.41, 5.74) is 2.29. The van der Waals surface area contributed by atoms with Crippen molar-refractivity contribution < 1.29 is 9.90 Å². The second kappa shape index (κ2) is 6.58. The first kappa shape index (κ1) is 14.5. The van der Waals surface area contributed by atoms with E-state index in [9.17, 15) is 4.79 Å². The zero-order valence-electron chi connectivity index (χ0n) is 12.3. The van der Waals surface area contributed by atoms with Gasteiger partial charge in [0.05, 0.1) is 25.4 Å². The molecule has 2 aliphatic rings. The SMILES string of the molecule is O=C(CC1CCCN1)NC1CCCc2c1cnn2CCO. The third kappa shape index (κ3) is 3.27. The molecule has 6 nitrogen and oxygen atoms in total. The summed E-state index contributed by atoms with van der Waals surface area (Å²) in [6.45, 7) is 1.65. The number of rotatable bonds is 5. The van der Waals surface area contributed by atoms with Crippen molar-refractivity contribution in [3.8, 4) is 0 Å². The van der Waals surface area contributed by atoms with E-state index < -0.39 is 0 Å². The fraction of sp³-hybridized carbons (Fsp3) is 0.733. The Morgan fingerprint density at radius 1 is 1.48 bits per heavy atom. The van der Waals surface area contributed by atoms with Gasteiger partial charge in [-0.25, -0.2) is 0 Å². The molecule has 0 spiro atoms. The van der Waals surface area contributed by atoms with Crippen molar-refractivity contribution in [2.45, 2.75) is 57.2 Å². The van der Waals surface area contributed by atoms with Gasteiger partial charge in [0.25, 0.3) is 0 Å². The van der Waals surface area contributed by atoms with E-state index >= 15 is 0 Å². The van der Waals surface area contributed by atoms with Crippen molar-refractivity contribution in [3.63, 3.8) is 0 Å². The van der Waals surface area contributed by atoms with E-state index in [4.69, 9.17) is 5.11 Å².